The highest BCUT2D eigenvalue weighted by atomic mass is 19.4. The normalized spacial score (nSPS) is 18.8. The minimum atomic E-state index is -4.54. The van der Waals surface area contributed by atoms with Crippen molar-refractivity contribution in [2.45, 2.75) is 12.2 Å². The number of pyridine rings is 2. The van der Waals surface area contributed by atoms with E-state index in [0.29, 0.717) is 21.9 Å². The SMILES string of the molecule is O=C1C2=CN=NC2c2cnc(-c3ccccn3)cc2N1CC(F)(F)F. The minimum Gasteiger partial charge on any atom is -0.299 e. The van der Waals surface area contributed by atoms with Gasteiger partial charge in [0.25, 0.3) is 5.91 Å². The van der Waals surface area contributed by atoms with E-state index in [9.17, 15) is 18.0 Å². The molecular weight excluding hydrogens is 335 g/mol. The molecule has 2 aromatic heterocycles. The number of rotatable bonds is 2. The maximum absolute atomic E-state index is 13.0. The summed E-state index contributed by atoms with van der Waals surface area (Å²) in [6.45, 7) is -1.39. The molecule has 0 spiro atoms. The fraction of sp³-hybridized carbons (Fsp3) is 0.188. The first-order chi connectivity index (χ1) is 11.9. The van der Waals surface area contributed by atoms with E-state index in [1.807, 2.05) is 0 Å². The first kappa shape index (κ1) is 15.4. The summed E-state index contributed by atoms with van der Waals surface area (Å²) in [5, 5.41) is 7.61. The van der Waals surface area contributed by atoms with Gasteiger partial charge in [0, 0.05) is 18.0 Å². The van der Waals surface area contributed by atoms with Crippen molar-refractivity contribution in [3.05, 3.63) is 54.0 Å². The Morgan fingerprint density at radius 2 is 2.00 bits per heavy atom. The Morgan fingerprint density at radius 1 is 1.16 bits per heavy atom. The molecule has 0 aromatic carbocycles. The third kappa shape index (κ3) is 2.67. The van der Waals surface area contributed by atoms with Crippen LogP contribution in [0.5, 0.6) is 0 Å². The summed E-state index contributed by atoms with van der Waals surface area (Å²) in [7, 11) is 0. The molecular formula is C16H10F3N5O. The van der Waals surface area contributed by atoms with Gasteiger partial charge in [-0.25, -0.2) is 0 Å². The number of anilines is 1. The number of carbonyl (C=O) groups is 1. The van der Waals surface area contributed by atoms with Crippen LogP contribution in [0.15, 0.2) is 58.7 Å². The van der Waals surface area contributed by atoms with Crippen LogP contribution in [-0.2, 0) is 4.79 Å². The minimum absolute atomic E-state index is 0.115. The summed E-state index contributed by atoms with van der Waals surface area (Å²) in [5.41, 5.74) is 1.53. The molecule has 4 rings (SSSR count). The van der Waals surface area contributed by atoms with Gasteiger partial charge in [-0.1, -0.05) is 6.07 Å². The number of carbonyl (C=O) groups excluding carboxylic acids is 1. The molecule has 2 aliphatic rings. The van der Waals surface area contributed by atoms with Crippen LogP contribution in [0.25, 0.3) is 11.4 Å². The summed E-state index contributed by atoms with van der Waals surface area (Å²) < 4.78 is 39.0. The lowest BCUT2D eigenvalue weighted by atomic mass is 9.93. The van der Waals surface area contributed by atoms with Crippen molar-refractivity contribution in [2.75, 3.05) is 11.4 Å². The zero-order valence-electron chi connectivity index (χ0n) is 12.6. The topological polar surface area (TPSA) is 70.8 Å². The molecule has 2 aromatic rings. The molecule has 25 heavy (non-hydrogen) atoms. The standard InChI is InChI=1S/C16H10F3N5O/c17-16(18,19)8-24-13-5-12(11-3-1-2-4-20-11)21-6-9(13)14-10(15(24)25)7-22-23-14/h1-7,14H,8H2. The Morgan fingerprint density at radius 3 is 2.72 bits per heavy atom. The largest absolute Gasteiger partial charge is 0.406 e. The molecule has 0 saturated heterocycles. The van der Waals surface area contributed by atoms with E-state index in [-0.39, 0.29) is 11.3 Å². The summed E-state index contributed by atoms with van der Waals surface area (Å²) in [4.78, 5) is 21.6. The van der Waals surface area contributed by atoms with Gasteiger partial charge in [0.2, 0.25) is 0 Å². The second kappa shape index (κ2) is 5.47. The van der Waals surface area contributed by atoms with E-state index >= 15 is 0 Å². The Balaban J connectivity index is 1.86. The van der Waals surface area contributed by atoms with E-state index in [1.165, 1.54) is 18.5 Å². The van der Waals surface area contributed by atoms with Gasteiger partial charge in [0.05, 0.1) is 28.8 Å². The summed E-state index contributed by atoms with van der Waals surface area (Å²) in [6.07, 6.45) is -0.354. The Kier molecular flexibility index (Phi) is 3.38. The fourth-order valence-electron chi connectivity index (χ4n) is 2.85. The van der Waals surface area contributed by atoms with Gasteiger partial charge in [-0.3, -0.25) is 19.7 Å². The van der Waals surface area contributed by atoms with Gasteiger partial charge in [-0.2, -0.15) is 23.4 Å². The lowest BCUT2D eigenvalue weighted by molar-refractivity contribution is -0.130. The molecule has 126 valence electrons. The Bertz CT molecular complexity index is 908. The zero-order chi connectivity index (χ0) is 17.6. The second-order valence-corrected chi connectivity index (χ2v) is 5.57. The van der Waals surface area contributed by atoms with E-state index in [4.69, 9.17) is 0 Å². The summed E-state index contributed by atoms with van der Waals surface area (Å²) >= 11 is 0. The third-order valence-corrected chi connectivity index (χ3v) is 3.93. The van der Waals surface area contributed by atoms with E-state index in [1.54, 1.807) is 24.4 Å². The van der Waals surface area contributed by atoms with Gasteiger partial charge in [-0.15, -0.1) is 0 Å². The number of hydrogen-bond donors (Lipinski definition) is 0. The van der Waals surface area contributed by atoms with Crippen LogP contribution >= 0.6 is 0 Å². The van der Waals surface area contributed by atoms with Crippen molar-refractivity contribution in [3.63, 3.8) is 0 Å². The lowest BCUT2D eigenvalue weighted by Crippen LogP contribution is -2.43. The highest BCUT2D eigenvalue weighted by molar-refractivity contribution is 6.10. The van der Waals surface area contributed by atoms with Crippen LogP contribution in [0.2, 0.25) is 0 Å². The lowest BCUT2D eigenvalue weighted by Gasteiger charge is -2.32. The smallest absolute Gasteiger partial charge is 0.299 e. The van der Waals surface area contributed by atoms with Crippen LogP contribution in [-0.4, -0.2) is 28.6 Å². The van der Waals surface area contributed by atoms with Crippen LogP contribution in [0.4, 0.5) is 18.9 Å². The maximum atomic E-state index is 13.0. The first-order valence-corrected chi connectivity index (χ1v) is 7.34. The molecule has 1 atom stereocenters. The van der Waals surface area contributed by atoms with Crippen molar-refractivity contribution >= 4 is 11.6 Å². The zero-order valence-corrected chi connectivity index (χ0v) is 12.6. The predicted molar refractivity (Wildman–Crippen MR) is 81.6 cm³/mol. The van der Waals surface area contributed by atoms with Gasteiger partial charge in [-0.05, 0) is 18.2 Å². The molecule has 0 aliphatic carbocycles. The van der Waals surface area contributed by atoms with Crippen LogP contribution in [0.3, 0.4) is 0 Å². The molecule has 2 aliphatic heterocycles. The Labute approximate surface area is 139 Å². The van der Waals surface area contributed by atoms with Gasteiger partial charge in [0.15, 0.2) is 0 Å². The van der Waals surface area contributed by atoms with E-state index < -0.39 is 24.7 Å². The van der Waals surface area contributed by atoms with Crippen molar-refractivity contribution in [1.82, 2.24) is 9.97 Å². The van der Waals surface area contributed by atoms with Gasteiger partial charge < -0.3 is 0 Å². The molecule has 1 unspecified atom stereocenters. The molecule has 9 heteroatoms. The second-order valence-electron chi connectivity index (χ2n) is 5.57. The molecule has 4 heterocycles. The number of azo groups is 1. The van der Waals surface area contributed by atoms with E-state index in [2.05, 4.69) is 20.2 Å². The summed E-state index contributed by atoms with van der Waals surface area (Å²) in [5.74, 6) is -0.752. The quantitative estimate of drug-likeness (QED) is 0.837. The number of aromatic nitrogens is 2. The number of alkyl halides is 3. The highest BCUT2D eigenvalue weighted by Crippen LogP contribution is 2.44. The van der Waals surface area contributed by atoms with Gasteiger partial charge in [0.1, 0.15) is 12.6 Å². The molecule has 6 nitrogen and oxygen atoms in total. The average molecular weight is 345 g/mol. The van der Waals surface area contributed by atoms with Crippen LogP contribution in [0, 0.1) is 0 Å². The van der Waals surface area contributed by atoms with Crippen molar-refractivity contribution in [2.24, 2.45) is 10.2 Å². The fourth-order valence-corrected chi connectivity index (χ4v) is 2.85. The molecule has 0 fully saturated rings. The van der Waals surface area contributed by atoms with E-state index in [0.717, 1.165) is 0 Å². The number of fused-ring (bicyclic) bond motifs is 3. The van der Waals surface area contributed by atoms with Crippen molar-refractivity contribution in [1.29, 1.82) is 0 Å². The first-order valence-electron chi connectivity index (χ1n) is 7.34. The molecule has 0 saturated carbocycles. The number of halogens is 3. The molecule has 0 radical (unpaired) electrons. The Hall–Kier alpha value is -3.10. The van der Waals surface area contributed by atoms with Crippen molar-refractivity contribution in [3.8, 4) is 11.4 Å². The summed E-state index contributed by atoms with van der Waals surface area (Å²) in [6, 6.07) is 5.88. The monoisotopic (exact) mass is 345 g/mol. The number of amides is 1. The predicted octanol–water partition coefficient (Wildman–Crippen LogP) is 3.44. The highest BCUT2D eigenvalue weighted by Gasteiger charge is 2.43. The number of hydrogen-bond acceptors (Lipinski definition) is 5. The molecule has 0 N–H and O–H groups in total. The van der Waals surface area contributed by atoms with Crippen LogP contribution in [0.1, 0.15) is 11.6 Å². The van der Waals surface area contributed by atoms with Crippen molar-refractivity contribution < 1.29 is 18.0 Å². The molecule has 0 bridgehead atoms. The third-order valence-electron chi connectivity index (χ3n) is 3.93. The average Bonchev–Trinajstić information content (AvgIpc) is 3.08. The molecule has 1 amide bonds. The van der Waals surface area contributed by atoms with Gasteiger partial charge >= 0.3 is 6.18 Å². The maximum Gasteiger partial charge on any atom is 0.406 e. The number of nitrogens with zero attached hydrogens (tertiary/aromatic N) is 5. The van der Waals surface area contributed by atoms with Crippen LogP contribution < -0.4 is 4.90 Å².